The zero-order valence-electron chi connectivity index (χ0n) is 12.8. The molecule has 0 saturated carbocycles. The van der Waals surface area contributed by atoms with E-state index in [4.69, 9.17) is 23.2 Å². The highest BCUT2D eigenvalue weighted by Gasteiger charge is 2.13. The van der Waals surface area contributed by atoms with E-state index in [-0.39, 0.29) is 5.92 Å². The van der Waals surface area contributed by atoms with Crippen molar-refractivity contribution in [1.82, 2.24) is 0 Å². The zero-order valence-corrected chi connectivity index (χ0v) is 16.5. The summed E-state index contributed by atoms with van der Waals surface area (Å²) in [6.45, 7) is 0. The van der Waals surface area contributed by atoms with Crippen LogP contribution in [0.25, 0.3) is 3.58 Å². The van der Waals surface area contributed by atoms with Crippen LogP contribution in [0.2, 0.25) is 10.0 Å². The molecule has 0 N–H and O–H groups in total. The lowest BCUT2D eigenvalue weighted by molar-refractivity contribution is 1.03. The fraction of sp³-hybridized carbons (Fsp3) is 0.0476. The number of hydrogen-bond acceptors (Lipinski definition) is 0. The van der Waals surface area contributed by atoms with Crippen molar-refractivity contribution in [2.75, 3.05) is 0 Å². The molecule has 0 atom stereocenters. The maximum atomic E-state index is 6.05. The van der Waals surface area contributed by atoms with Gasteiger partial charge in [0.25, 0.3) is 0 Å². The van der Waals surface area contributed by atoms with Crippen LogP contribution in [0.3, 0.4) is 0 Å². The van der Waals surface area contributed by atoms with E-state index < -0.39 is 0 Å². The van der Waals surface area contributed by atoms with Gasteiger partial charge in [0.1, 0.15) is 0 Å². The van der Waals surface area contributed by atoms with Gasteiger partial charge in [-0.2, -0.15) is 0 Å². The first kappa shape index (κ1) is 17.5. The van der Waals surface area contributed by atoms with Crippen molar-refractivity contribution in [2.24, 2.45) is 0 Å². The molecule has 24 heavy (non-hydrogen) atoms. The third-order valence-corrected chi connectivity index (χ3v) is 5.31. The minimum atomic E-state index is 0.145. The molecule has 0 saturated heterocycles. The minimum Gasteiger partial charge on any atom is -0.0843 e. The summed E-state index contributed by atoms with van der Waals surface area (Å²) in [6, 6.07) is 26.4. The second kappa shape index (κ2) is 8.19. The van der Waals surface area contributed by atoms with Crippen LogP contribution in [0.15, 0.2) is 84.9 Å². The predicted octanol–water partition coefficient (Wildman–Crippen LogP) is 7.60. The third kappa shape index (κ3) is 4.41. The number of allylic oxidation sites excluding steroid dienone is 1. The number of rotatable bonds is 4. The summed E-state index contributed by atoms with van der Waals surface area (Å²) in [5.74, 6) is 0.145. The summed E-state index contributed by atoms with van der Waals surface area (Å²) in [5, 5.41) is 1.49. The molecule has 0 amide bonds. The molecule has 3 heteroatoms. The first-order valence-electron chi connectivity index (χ1n) is 7.57. The number of benzene rings is 3. The average Bonchev–Trinajstić information content (AvgIpc) is 2.62. The molecule has 0 fully saturated rings. The van der Waals surface area contributed by atoms with E-state index in [1.165, 1.54) is 20.3 Å². The van der Waals surface area contributed by atoms with Crippen LogP contribution in [0, 0.1) is 0 Å². The Bertz CT molecular complexity index is 776. The van der Waals surface area contributed by atoms with Crippen molar-refractivity contribution >= 4 is 49.4 Å². The van der Waals surface area contributed by atoms with Crippen LogP contribution in [-0.2, 0) is 0 Å². The van der Waals surface area contributed by atoms with Gasteiger partial charge in [0, 0.05) is 19.5 Å². The smallest absolute Gasteiger partial charge is 0.0406 e. The largest absolute Gasteiger partial charge is 0.0843 e. The van der Waals surface area contributed by atoms with Crippen molar-refractivity contribution in [1.29, 1.82) is 0 Å². The fourth-order valence-corrected chi connectivity index (χ4v) is 3.54. The normalized spacial score (nSPS) is 11.8. The molecule has 0 unspecified atom stereocenters. The summed E-state index contributed by atoms with van der Waals surface area (Å²) in [7, 11) is 0. The van der Waals surface area contributed by atoms with Gasteiger partial charge in [-0.1, -0.05) is 83.9 Å². The van der Waals surface area contributed by atoms with Gasteiger partial charge in [0.2, 0.25) is 0 Å². The maximum absolute atomic E-state index is 6.05. The van der Waals surface area contributed by atoms with Crippen molar-refractivity contribution in [3.8, 4) is 0 Å². The summed E-state index contributed by atoms with van der Waals surface area (Å²) in [4.78, 5) is 0. The average molecular weight is 465 g/mol. The SMILES string of the molecule is Clc1ccc(C(/C=C(/I)c2ccccc2)c2ccc(Cl)cc2)cc1. The van der Waals surface area contributed by atoms with Crippen molar-refractivity contribution < 1.29 is 0 Å². The van der Waals surface area contributed by atoms with E-state index in [1.54, 1.807) is 0 Å². The highest BCUT2D eigenvalue weighted by Crippen LogP contribution is 2.33. The van der Waals surface area contributed by atoms with Crippen LogP contribution in [0.1, 0.15) is 22.6 Å². The molecule has 3 rings (SSSR count). The molecule has 120 valence electrons. The van der Waals surface area contributed by atoms with E-state index in [0.717, 1.165) is 10.0 Å². The minimum absolute atomic E-state index is 0.145. The van der Waals surface area contributed by atoms with Gasteiger partial charge in [-0.15, -0.1) is 0 Å². The standard InChI is InChI=1S/C21H15Cl2I/c22-18-10-6-15(7-11-18)20(16-8-12-19(23)13-9-16)14-21(24)17-4-2-1-3-5-17/h1-14,20H/b21-14+. The Kier molecular flexibility index (Phi) is 5.99. The second-order valence-electron chi connectivity index (χ2n) is 5.46. The molecule has 0 heterocycles. The van der Waals surface area contributed by atoms with Crippen molar-refractivity contribution in [2.45, 2.75) is 5.92 Å². The quantitative estimate of drug-likeness (QED) is 0.348. The van der Waals surface area contributed by atoms with Gasteiger partial charge in [0.15, 0.2) is 0 Å². The second-order valence-corrected chi connectivity index (χ2v) is 7.50. The van der Waals surface area contributed by atoms with Crippen LogP contribution in [0.4, 0.5) is 0 Å². The zero-order chi connectivity index (χ0) is 16.9. The Morgan fingerprint density at radius 3 is 1.62 bits per heavy atom. The summed E-state index contributed by atoms with van der Waals surface area (Å²) < 4.78 is 1.21. The lowest BCUT2D eigenvalue weighted by Crippen LogP contribution is -1.98. The monoisotopic (exact) mass is 464 g/mol. The topological polar surface area (TPSA) is 0 Å². The van der Waals surface area contributed by atoms with E-state index in [1.807, 2.05) is 30.3 Å². The van der Waals surface area contributed by atoms with E-state index >= 15 is 0 Å². The lowest BCUT2D eigenvalue weighted by Gasteiger charge is -2.16. The summed E-state index contributed by atoms with van der Waals surface area (Å²) in [6.07, 6.45) is 2.28. The van der Waals surface area contributed by atoms with Gasteiger partial charge in [0.05, 0.1) is 0 Å². The molecule has 0 radical (unpaired) electrons. The molecule has 0 aliphatic heterocycles. The Balaban J connectivity index is 2.04. The fourth-order valence-electron chi connectivity index (χ4n) is 2.57. The lowest BCUT2D eigenvalue weighted by atomic mass is 9.90. The van der Waals surface area contributed by atoms with Crippen LogP contribution >= 0.6 is 45.8 Å². The summed E-state index contributed by atoms with van der Waals surface area (Å²) >= 11 is 14.5. The Morgan fingerprint density at radius 2 is 1.17 bits per heavy atom. The molecule has 3 aromatic carbocycles. The van der Waals surface area contributed by atoms with E-state index in [0.29, 0.717) is 0 Å². The molecule has 0 spiro atoms. The van der Waals surface area contributed by atoms with Gasteiger partial charge >= 0.3 is 0 Å². The molecular weight excluding hydrogens is 450 g/mol. The first-order chi connectivity index (χ1) is 11.6. The Hall–Kier alpha value is -1.29. The molecule has 0 aliphatic rings. The summed E-state index contributed by atoms with van der Waals surface area (Å²) in [5.41, 5.74) is 3.62. The third-order valence-electron chi connectivity index (χ3n) is 3.82. The number of halogens is 3. The Morgan fingerprint density at radius 1 is 0.708 bits per heavy atom. The highest BCUT2D eigenvalue weighted by molar-refractivity contribution is 14.1. The molecule has 3 aromatic rings. The van der Waals surface area contributed by atoms with Gasteiger partial charge in [-0.3, -0.25) is 0 Å². The van der Waals surface area contributed by atoms with Gasteiger partial charge < -0.3 is 0 Å². The molecule has 0 aliphatic carbocycles. The van der Waals surface area contributed by atoms with Crippen LogP contribution < -0.4 is 0 Å². The maximum Gasteiger partial charge on any atom is 0.0406 e. The molecular formula is C21H15Cl2I. The first-order valence-corrected chi connectivity index (χ1v) is 9.40. The molecule has 0 bridgehead atoms. The molecule has 0 aromatic heterocycles. The molecule has 0 nitrogen and oxygen atoms in total. The Labute approximate surface area is 166 Å². The predicted molar refractivity (Wildman–Crippen MR) is 113 cm³/mol. The van der Waals surface area contributed by atoms with E-state index in [2.05, 4.69) is 77.2 Å². The highest BCUT2D eigenvalue weighted by atomic mass is 127. The van der Waals surface area contributed by atoms with Crippen molar-refractivity contribution in [3.05, 3.63) is 112 Å². The van der Waals surface area contributed by atoms with E-state index in [9.17, 15) is 0 Å². The van der Waals surface area contributed by atoms with Gasteiger partial charge in [-0.25, -0.2) is 0 Å². The number of hydrogen-bond donors (Lipinski definition) is 0. The van der Waals surface area contributed by atoms with Crippen LogP contribution in [0.5, 0.6) is 0 Å². The van der Waals surface area contributed by atoms with Gasteiger partial charge in [-0.05, 0) is 63.5 Å². The van der Waals surface area contributed by atoms with Crippen molar-refractivity contribution in [3.63, 3.8) is 0 Å². The van der Waals surface area contributed by atoms with Crippen LogP contribution in [-0.4, -0.2) is 0 Å².